The van der Waals surface area contributed by atoms with Crippen molar-refractivity contribution in [1.29, 1.82) is 0 Å². The first kappa shape index (κ1) is 60.5. The van der Waals surface area contributed by atoms with Gasteiger partial charge < -0.3 is 0 Å². The molecule has 12 aliphatic carbocycles. The number of hydrogen-bond donors (Lipinski definition) is 0. The van der Waals surface area contributed by atoms with Gasteiger partial charge in [0.1, 0.15) is 0 Å². The number of allylic oxidation sites excluding steroid dienone is 6. The van der Waals surface area contributed by atoms with Crippen LogP contribution in [0, 0.1) is 163 Å². The summed E-state index contributed by atoms with van der Waals surface area (Å²) >= 11 is 0. The Balaban J connectivity index is 0.798. The molecule has 12 rings (SSSR count). The summed E-state index contributed by atoms with van der Waals surface area (Å²) in [5.41, 5.74) is 8.93. The van der Waals surface area contributed by atoms with E-state index in [4.69, 9.17) is 0 Å². The predicted molar refractivity (Wildman–Crippen MR) is 348 cm³/mol. The van der Waals surface area contributed by atoms with Crippen molar-refractivity contribution in [3.63, 3.8) is 0 Å². The molecule has 0 aromatic rings. The Hall–Kier alpha value is -0.780. The Kier molecular flexibility index (Phi) is 17.2. The SMILES string of the molecule is CC(C)CCC[C@@H](C)[C@H]1CC[C@H]2[C@@H]3CC=C4C[C](C5CC[C@@]6(C)C(=CCC7C6CC[C@@]6(C)C7CC[C@@H]6[C@H](C)CCCC(C)C)C5)C(C5CC[C@@]6(C)C(=CCC7C6CC[C@@]6(C)C7CC[C@@H]6[C@H](C)CCCC(C)C)C5)C[C@]4(C)[C@H]3CC[C@]12C. The van der Waals surface area contributed by atoms with Crippen LogP contribution in [0.2, 0.25) is 0 Å². The van der Waals surface area contributed by atoms with Crippen LogP contribution in [0.4, 0.5) is 0 Å². The summed E-state index contributed by atoms with van der Waals surface area (Å²) in [7, 11) is 0. The quantitative estimate of drug-likeness (QED) is 0.127. The zero-order chi connectivity index (χ0) is 57.2. The van der Waals surface area contributed by atoms with Crippen LogP contribution in [0.5, 0.6) is 0 Å². The summed E-state index contributed by atoms with van der Waals surface area (Å²) in [4.78, 5) is 0. The van der Waals surface area contributed by atoms with E-state index in [1.165, 1.54) is 205 Å². The van der Waals surface area contributed by atoms with Gasteiger partial charge in [-0.15, -0.1) is 0 Å². The first-order valence-corrected chi connectivity index (χ1v) is 37.5. The molecule has 9 unspecified atom stereocenters. The lowest BCUT2D eigenvalue weighted by Gasteiger charge is -2.63. The van der Waals surface area contributed by atoms with E-state index in [-0.39, 0.29) is 0 Å². The number of rotatable bonds is 17. The smallest absolute Gasteiger partial charge is 0.00821 e. The molecule has 0 aromatic heterocycles. The molecule has 12 aliphatic rings. The van der Waals surface area contributed by atoms with E-state index in [2.05, 4.69) is 128 Å². The molecule has 0 spiro atoms. The van der Waals surface area contributed by atoms with Crippen molar-refractivity contribution in [3.05, 3.63) is 40.9 Å². The maximum Gasteiger partial charge on any atom is -0.00821 e. The van der Waals surface area contributed by atoms with Gasteiger partial charge in [0, 0.05) is 0 Å². The van der Waals surface area contributed by atoms with E-state index in [0.29, 0.717) is 32.5 Å². The van der Waals surface area contributed by atoms with Gasteiger partial charge in [-0.05, 0) is 310 Å². The van der Waals surface area contributed by atoms with Gasteiger partial charge >= 0.3 is 0 Å². The van der Waals surface area contributed by atoms with Crippen LogP contribution in [-0.4, -0.2) is 0 Å². The molecule has 0 bridgehead atoms. The van der Waals surface area contributed by atoms with Crippen LogP contribution >= 0.6 is 0 Å². The van der Waals surface area contributed by atoms with Crippen LogP contribution in [0.25, 0.3) is 0 Å². The van der Waals surface area contributed by atoms with E-state index in [1.807, 2.05) is 16.7 Å². The van der Waals surface area contributed by atoms with Crippen LogP contribution in [0.1, 0.15) is 309 Å². The Morgan fingerprint density at radius 3 is 1.19 bits per heavy atom. The molecule has 0 heterocycles. The third-order valence-electron chi connectivity index (χ3n) is 32.1. The topological polar surface area (TPSA) is 0 Å². The second-order valence-corrected chi connectivity index (χ2v) is 36.9. The number of fused-ring (bicyclic) bond motifs is 15. The zero-order valence-electron chi connectivity index (χ0n) is 56.5. The summed E-state index contributed by atoms with van der Waals surface area (Å²) in [5, 5.41) is 0. The fourth-order valence-corrected chi connectivity index (χ4v) is 27.7. The van der Waals surface area contributed by atoms with Crippen LogP contribution < -0.4 is 0 Å². The number of hydrogen-bond acceptors (Lipinski definition) is 0. The van der Waals surface area contributed by atoms with Crippen molar-refractivity contribution in [2.75, 3.05) is 0 Å². The Morgan fingerprint density at radius 2 is 0.765 bits per heavy atom. The van der Waals surface area contributed by atoms with Gasteiger partial charge in [0.25, 0.3) is 0 Å². The van der Waals surface area contributed by atoms with E-state index in [1.54, 1.807) is 0 Å². The Labute approximate surface area is 504 Å². The molecule has 0 aromatic carbocycles. The van der Waals surface area contributed by atoms with Crippen molar-refractivity contribution in [2.24, 2.45) is 157 Å². The molecule has 457 valence electrons. The first-order chi connectivity index (χ1) is 38.5. The molecule has 0 N–H and O–H groups in total. The molecule has 9 fully saturated rings. The van der Waals surface area contributed by atoms with E-state index < -0.39 is 0 Å². The van der Waals surface area contributed by atoms with Crippen molar-refractivity contribution in [1.82, 2.24) is 0 Å². The summed E-state index contributed by atoms with van der Waals surface area (Å²) in [6.07, 6.45) is 56.2. The maximum atomic E-state index is 3.00. The maximum absolute atomic E-state index is 3.00. The van der Waals surface area contributed by atoms with Crippen LogP contribution in [0.15, 0.2) is 34.9 Å². The van der Waals surface area contributed by atoms with Gasteiger partial charge in [-0.2, -0.15) is 0 Å². The lowest BCUT2D eigenvalue weighted by Crippen LogP contribution is -2.54. The van der Waals surface area contributed by atoms with E-state index >= 15 is 0 Å². The fraction of sp³-hybridized carbons (Fsp3) is 0.914. The minimum atomic E-state index is 0.394. The van der Waals surface area contributed by atoms with Gasteiger partial charge in [-0.25, -0.2) is 0 Å². The van der Waals surface area contributed by atoms with E-state index in [0.717, 1.165) is 124 Å². The summed E-state index contributed by atoms with van der Waals surface area (Å²) in [6.45, 7) is 39.8. The minimum Gasteiger partial charge on any atom is -0.0845 e. The molecule has 0 saturated heterocycles. The highest BCUT2D eigenvalue weighted by atomic mass is 14.7. The third kappa shape index (κ3) is 10.3. The Bertz CT molecular complexity index is 2280. The molecular formula is C81H133. The predicted octanol–water partition coefficient (Wildman–Crippen LogP) is 24.1. The van der Waals surface area contributed by atoms with Gasteiger partial charge in [-0.3, -0.25) is 0 Å². The highest BCUT2D eigenvalue weighted by Crippen LogP contribution is 2.74. The lowest BCUT2D eigenvalue weighted by molar-refractivity contribution is -0.0671. The fourth-order valence-electron chi connectivity index (χ4n) is 27.7. The highest BCUT2D eigenvalue weighted by Gasteiger charge is 2.65. The molecule has 0 nitrogen and oxygen atoms in total. The molecule has 9 saturated carbocycles. The molecule has 1 radical (unpaired) electrons. The molecule has 0 heteroatoms. The lowest BCUT2D eigenvalue weighted by atomic mass is 9.42. The standard InChI is InChI=1S/C81H133/c1-51(2)19-16-22-54(7)67-31-34-70-62-28-25-59-47-57(37-42-76(59,10)73(62)39-44-78(67,70)12)65-49-61-27-30-64-72-36-33-69(56(9)24-18-21-53(5)6)80(72,14)46-41-75(64)81(61,15)50-66(65)58-38-43-77(11)60(48-58)26-29-63-71-35-32-68(55(8)23-17-20-52(3)4)79(71,13)45-40-74(63)77/h25-27,51-58,62-64,66-75H,16-24,28-50H2,1-15H3/t54-,55-,56-,57?,58?,62?,63?,64+,66?,67-,68-,69-,70?,71?,72+,73?,74?,75+,76+,77+,78-,79-,80-,81+/m1/s1. The minimum absolute atomic E-state index is 0.394. The highest BCUT2D eigenvalue weighted by molar-refractivity contribution is 5.36. The normalized spacial score (nSPS) is 48.5. The van der Waals surface area contributed by atoms with Crippen molar-refractivity contribution < 1.29 is 0 Å². The molecular weight excluding hydrogens is 973 g/mol. The molecule has 24 atom stereocenters. The van der Waals surface area contributed by atoms with E-state index in [9.17, 15) is 0 Å². The largest absolute Gasteiger partial charge is 0.0845 e. The van der Waals surface area contributed by atoms with Gasteiger partial charge in [0.05, 0.1) is 0 Å². The molecule has 81 heavy (non-hydrogen) atoms. The first-order valence-electron chi connectivity index (χ1n) is 37.5. The zero-order valence-corrected chi connectivity index (χ0v) is 56.5. The second kappa shape index (κ2) is 23.0. The van der Waals surface area contributed by atoms with Crippen molar-refractivity contribution in [3.8, 4) is 0 Å². The van der Waals surface area contributed by atoms with Crippen molar-refractivity contribution in [2.45, 2.75) is 309 Å². The van der Waals surface area contributed by atoms with Gasteiger partial charge in [0.2, 0.25) is 0 Å². The molecule has 0 aliphatic heterocycles. The third-order valence-corrected chi connectivity index (χ3v) is 32.1. The average Bonchev–Trinajstić information content (AvgIpc) is 4.17. The van der Waals surface area contributed by atoms with Gasteiger partial charge in [-0.1, -0.05) is 197 Å². The monoisotopic (exact) mass is 1110 g/mol. The second-order valence-electron chi connectivity index (χ2n) is 36.9. The summed E-state index contributed by atoms with van der Waals surface area (Å²) in [5.74, 6) is 21.2. The van der Waals surface area contributed by atoms with Crippen LogP contribution in [-0.2, 0) is 0 Å². The summed E-state index contributed by atoms with van der Waals surface area (Å²) in [6, 6.07) is 0. The van der Waals surface area contributed by atoms with Gasteiger partial charge in [0.15, 0.2) is 0 Å². The van der Waals surface area contributed by atoms with Crippen LogP contribution in [0.3, 0.4) is 0 Å². The van der Waals surface area contributed by atoms with Crippen molar-refractivity contribution >= 4 is 0 Å². The Morgan fingerprint density at radius 1 is 0.383 bits per heavy atom. The molecule has 0 amide bonds. The summed E-state index contributed by atoms with van der Waals surface area (Å²) < 4.78 is 0. The average molecular weight is 1110 g/mol.